The van der Waals surface area contributed by atoms with Crippen LogP contribution in [0.25, 0.3) is 11.1 Å². The standard InChI is InChI=1S/C18H20N2O3S/c21-18(9-10-18)17-2-1-13-20(17)24(22,23)16-5-3-14(4-6-16)15-7-11-19-12-8-15/h3-8,11-12,17,21H,1-2,9-10,13H2. The molecule has 0 radical (unpaired) electrons. The van der Waals surface area contributed by atoms with Crippen molar-refractivity contribution in [3.8, 4) is 11.1 Å². The Kier molecular flexibility index (Phi) is 3.71. The maximum atomic E-state index is 13.0. The van der Waals surface area contributed by atoms with Crippen LogP contribution in [0.15, 0.2) is 53.7 Å². The van der Waals surface area contributed by atoms with E-state index in [9.17, 15) is 13.5 Å². The molecule has 4 rings (SSSR count). The largest absolute Gasteiger partial charge is 0.388 e. The van der Waals surface area contributed by atoms with Crippen molar-refractivity contribution >= 4 is 10.0 Å². The Morgan fingerprint density at radius 3 is 2.29 bits per heavy atom. The molecular formula is C18H20N2O3S. The van der Waals surface area contributed by atoms with Crippen LogP contribution in [0.3, 0.4) is 0 Å². The second kappa shape index (κ2) is 5.65. The van der Waals surface area contributed by atoms with Crippen LogP contribution in [0.5, 0.6) is 0 Å². The summed E-state index contributed by atoms with van der Waals surface area (Å²) < 4.78 is 27.4. The molecule has 0 bridgehead atoms. The third-order valence-electron chi connectivity index (χ3n) is 5.06. The highest BCUT2D eigenvalue weighted by atomic mass is 32.2. The quantitative estimate of drug-likeness (QED) is 0.925. The minimum absolute atomic E-state index is 0.276. The zero-order chi connectivity index (χ0) is 16.8. The predicted octanol–water partition coefficient (Wildman–Crippen LogP) is 2.43. The van der Waals surface area contributed by atoms with Gasteiger partial charge in [-0.05, 0) is 61.1 Å². The molecule has 2 aliphatic rings. The van der Waals surface area contributed by atoms with Gasteiger partial charge in [0.15, 0.2) is 0 Å². The molecule has 1 N–H and O–H groups in total. The molecule has 1 aromatic carbocycles. The van der Waals surface area contributed by atoms with E-state index in [1.54, 1.807) is 24.5 Å². The summed E-state index contributed by atoms with van der Waals surface area (Å²) in [6, 6.07) is 10.4. The predicted molar refractivity (Wildman–Crippen MR) is 90.8 cm³/mol. The van der Waals surface area contributed by atoms with Crippen LogP contribution in [0, 0.1) is 0 Å². The molecule has 126 valence electrons. The van der Waals surface area contributed by atoms with E-state index in [2.05, 4.69) is 4.98 Å². The molecule has 1 aliphatic carbocycles. The second-order valence-electron chi connectivity index (χ2n) is 6.64. The van der Waals surface area contributed by atoms with Gasteiger partial charge in [0.1, 0.15) is 0 Å². The van der Waals surface area contributed by atoms with Crippen molar-refractivity contribution in [2.45, 2.75) is 42.2 Å². The van der Waals surface area contributed by atoms with Gasteiger partial charge in [0.2, 0.25) is 10.0 Å². The van der Waals surface area contributed by atoms with Crippen molar-refractivity contribution in [2.75, 3.05) is 6.54 Å². The van der Waals surface area contributed by atoms with E-state index in [0.717, 1.165) is 24.0 Å². The van der Waals surface area contributed by atoms with Crippen LogP contribution in [0.4, 0.5) is 0 Å². The maximum absolute atomic E-state index is 13.0. The molecule has 2 aromatic rings. The van der Waals surface area contributed by atoms with Gasteiger partial charge in [-0.1, -0.05) is 12.1 Å². The Hall–Kier alpha value is -1.76. The van der Waals surface area contributed by atoms with Crippen molar-refractivity contribution in [3.05, 3.63) is 48.8 Å². The highest BCUT2D eigenvalue weighted by Crippen LogP contribution is 2.46. The van der Waals surface area contributed by atoms with Gasteiger partial charge in [0.25, 0.3) is 0 Å². The van der Waals surface area contributed by atoms with E-state index in [1.807, 2.05) is 24.3 Å². The maximum Gasteiger partial charge on any atom is 0.243 e. The molecule has 2 heterocycles. The summed E-state index contributed by atoms with van der Waals surface area (Å²) in [5.74, 6) is 0. The van der Waals surface area contributed by atoms with Gasteiger partial charge in [-0.25, -0.2) is 8.42 Å². The first kappa shape index (κ1) is 15.7. The molecule has 0 amide bonds. The van der Waals surface area contributed by atoms with E-state index in [4.69, 9.17) is 0 Å². The van der Waals surface area contributed by atoms with Gasteiger partial charge in [-0.2, -0.15) is 4.31 Å². The number of aromatic nitrogens is 1. The lowest BCUT2D eigenvalue weighted by atomic mass is 10.1. The minimum atomic E-state index is -3.57. The number of hydrogen-bond acceptors (Lipinski definition) is 4. The Labute approximate surface area is 142 Å². The average molecular weight is 344 g/mol. The van der Waals surface area contributed by atoms with Crippen molar-refractivity contribution in [2.24, 2.45) is 0 Å². The van der Waals surface area contributed by atoms with Crippen molar-refractivity contribution in [1.29, 1.82) is 0 Å². The molecule has 1 atom stereocenters. The molecule has 24 heavy (non-hydrogen) atoms. The Bertz CT molecular complexity index is 830. The van der Waals surface area contributed by atoms with Gasteiger partial charge in [0, 0.05) is 18.9 Å². The van der Waals surface area contributed by atoms with Crippen molar-refractivity contribution in [3.63, 3.8) is 0 Å². The van der Waals surface area contributed by atoms with Crippen molar-refractivity contribution < 1.29 is 13.5 Å². The fourth-order valence-corrected chi connectivity index (χ4v) is 5.28. The van der Waals surface area contributed by atoms with Crippen molar-refractivity contribution in [1.82, 2.24) is 9.29 Å². The van der Waals surface area contributed by atoms with E-state index in [0.29, 0.717) is 19.4 Å². The zero-order valence-corrected chi connectivity index (χ0v) is 14.1. The summed E-state index contributed by atoms with van der Waals surface area (Å²) in [6.07, 6.45) is 6.37. The lowest BCUT2D eigenvalue weighted by Crippen LogP contribution is -2.43. The van der Waals surface area contributed by atoms with Gasteiger partial charge in [-0.3, -0.25) is 4.98 Å². The van der Waals surface area contributed by atoms with Gasteiger partial charge >= 0.3 is 0 Å². The molecule has 6 heteroatoms. The fourth-order valence-electron chi connectivity index (χ4n) is 3.53. The monoisotopic (exact) mass is 344 g/mol. The molecule has 1 aliphatic heterocycles. The van der Waals surface area contributed by atoms with Gasteiger partial charge in [-0.15, -0.1) is 0 Å². The summed E-state index contributed by atoms with van der Waals surface area (Å²) in [6.45, 7) is 0.488. The summed E-state index contributed by atoms with van der Waals surface area (Å²) in [5, 5.41) is 10.4. The molecule has 1 aromatic heterocycles. The summed E-state index contributed by atoms with van der Waals surface area (Å²) in [4.78, 5) is 4.28. The Morgan fingerprint density at radius 2 is 1.67 bits per heavy atom. The number of rotatable bonds is 4. The summed E-state index contributed by atoms with van der Waals surface area (Å²) in [7, 11) is -3.57. The van der Waals surface area contributed by atoms with Gasteiger partial charge < -0.3 is 5.11 Å². The van der Waals surface area contributed by atoms with Crippen LogP contribution >= 0.6 is 0 Å². The fraction of sp³-hybridized carbons (Fsp3) is 0.389. The first-order valence-corrected chi connectivity index (χ1v) is 9.69. The van der Waals surface area contributed by atoms with Crippen LogP contribution in [0.1, 0.15) is 25.7 Å². The molecule has 5 nitrogen and oxygen atoms in total. The summed E-state index contributed by atoms with van der Waals surface area (Å²) >= 11 is 0. The first-order chi connectivity index (χ1) is 11.5. The van der Waals surface area contributed by atoms with Crippen LogP contribution in [-0.2, 0) is 10.0 Å². The third-order valence-corrected chi connectivity index (χ3v) is 6.98. The molecule has 1 saturated heterocycles. The molecular weight excluding hydrogens is 324 g/mol. The van der Waals surface area contributed by atoms with Crippen LogP contribution in [-0.4, -0.2) is 41.0 Å². The number of nitrogens with zero attached hydrogens (tertiary/aromatic N) is 2. The minimum Gasteiger partial charge on any atom is -0.388 e. The number of benzene rings is 1. The van der Waals surface area contributed by atoms with E-state index in [1.165, 1.54) is 4.31 Å². The normalized spacial score (nSPS) is 23.3. The Balaban J connectivity index is 1.63. The number of aliphatic hydroxyl groups is 1. The van der Waals surface area contributed by atoms with E-state index in [-0.39, 0.29) is 10.9 Å². The van der Waals surface area contributed by atoms with Crippen LogP contribution in [0.2, 0.25) is 0 Å². The number of sulfonamides is 1. The SMILES string of the molecule is O=S(=O)(c1ccc(-c2ccncc2)cc1)N1CCCC1C1(O)CC1. The first-order valence-electron chi connectivity index (χ1n) is 8.25. The molecule has 2 fully saturated rings. The topological polar surface area (TPSA) is 70.5 Å². The average Bonchev–Trinajstić information content (AvgIpc) is 3.14. The smallest absolute Gasteiger partial charge is 0.243 e. The van der Waals surface area contributed by atoms with Gasteiger partial charge in [0.05, 0.1) is 16.5 Å². The third kappa shape index (κ3) is 2.64. The molecule has 1 saturated carbocycles. The summed E-state index contributed by atoms with van der Waals surface area (Å²) in [5.41, 5.74) is 1.15. The molecule has 0 spiro atoms. The Morgan fingerprint density at radius 1 is 1.04 bits per heavy atom. The zero-order valence-electron chi connectivity index (χ0n) is 13.3. The highest BCUT2D eigenvalue weighted by Gasteiger charge is 2.54. The lowest BCUT2D eigenvalue weighted by Gasteiger charge is -2.28. The van der Waals surface area contributed by atoms with E-state index < -0.39 is 15.6 Å². The number of hydrogen-bond donors (Lipinski definition) is 1. The number of pyridine rings is 1. The van der Waals surface area contributed by atoms with E-state index >= 15 is 0 Å². The second-order valence-corrected chi connectivity index (χ2v) is 8.53. The molecule has 1 unspecified atom stereocenters. The van der Waals surface area contributed by atoms with Crippen LogP contribution < -0.4 is 0 Å². The highest BCUT2D eigenvalue weighted by molar-refractivity contribution is 7.89. The lowest BCUT2D eigenvalue weighted by molar-refractivity contribution is 0.0826.